The standard InChI is InChI=1S/C63H53NO/c1-61(2,3)54-41-53-58(50-27-16-18-30-52(50)63(53,45-23-12-8-13-24-45)46-25-14-9-15-26-46)60(59(54)62(4,5)6)64(47-37-33-43(34-38-47)42-21-10-7-11-22-42)48-39-35-44(36-40-48)49-29-20-32-56-57(49)51-28-17-19-31-55(51)65-56/h7-41H,1-6H3. The molecule has 1 aliphatic rings. The van der Waals surface area contributed by atoms with Crippen molar-refractivity contribution in [3.63, 3.8) is 0 Å². The molecule has 0 unspecified atom stereocenters. The van der Waals surface area contributed by atoms with Gasteiger partial charge in [-0.1, -0.05) is 217 Å². The van der Waals surface area contributed by atoms with Crippen LogP contribution in [-0.4, -0.2) is 0 Å². The summed E-state index contributed by atoms with van der Waals surface area (Å²) in [6.45, 7) is 14.3. The van der Waals surface area contributed by atoms with Crippen LogP contribution >= 0.6 is 0 Å². The summed E-state index contributed by atoms with van der Waals surface area (Å²) < 4.78 is 6.36. The van der Waals surface area contributed by atoms with Crippen molar-refractivity contribution in [2.45, 2.75) is 57.8 Å². The maximum atomic E-state index is 6.36. The van der Waals surface area contributed by atoms with E-state index in [0.29, 0.717) is 0 Å². The second-order valence-electron chi connectivity index (χ2n) is 19.7. The molecule has 0 aliphatic heterocycles. The van der Waals surface area contributed by atoms with Gasteiger partial charge in [-0.25, -0.2) is 0 Å². The van der Waals surface area contributed by atoms with Crippen LogP contribution in [0.5, 0.6) is 0 Å². The minimum atomic E-state index is -0.571. The van der Waals surface area contributed by atoms with Gasteiger partial charge in [0.1, 0.15) is 11.2 Å². The molecule has 316 valence electrons. The van der Waals surface area contributed by atoms with Gasteiger partial charge in [0.05, 0.1) is 11.1 Å². The Hall–Kier alpha value is -7.42. The Labute approximate surface area is 383 Å². The summed E-state index contributed by atoms with van der Waals surface area (Å²) in [5, 5.41) is 2.27. The van der Waals surface area contributed by atoms with Gasteiger partial charge in [-0.15, -0.1) is 0 Å². The maximum Gasteiger partial charge on any atom is 0.136 e. The molecule has 0 amide bonds. The normalized spacial score (nSPS) is 13.2. The highest BCUT2D eigenvalue weighted by atomic mass is 16.3. The lowest BCUT2D eigenvalue weighted by Gasteiger charge is -2.40. The molecule has 0 radical (unpaired) electrons. The van der Waals surface area contributed by atoms with E-state index >= 15 is 0 Å². The van der Waals surface area contributed by atoms with Gasteiger partial charge in [-0.05, 0) is 108 Å². The first kappa shape index (κ1) is 40.4. The Balaban J connectivity index is 1.25. The first-order valence-corrected chi connectivity index (χ1v) is 22.9. The van der Waals surface area contributed by atoms with Crippen molar-refractivity contribution in [1.82, 2.24) is 0 Å². The largest absolute Gasteiger partial charge is 0.456 e. The Bertz CT molecular complexity index is 3310. The second-order valence-corrected chi connectivity index (χ2v) is 19.7. The van der Waals surface area contributed by atoms with Gasteiger partial charge in [-0.2, -0.15) is 0 Å². The van der Waals surface area contributed by atoms with Crippen LogP contribution in [-0.2, 0) is 16.2 Å². The van der Waals surface area contributed by atoms with Crippen molar-refractivity contribution in [2.24, 2.45) is 0 Å². The number of furan rings is 1. The molecule has 65 heavy (non-hydrogen) atoms. The van der Waals surface area contributed by atoms with Crippen molar-refractivity contribution in [3.05, 3.63) is 246 Å². The first-order valence-electron chi connectivity index (χ1n) is 22.9. The third-order valence-corrected chi connectivity index (χ3v) is 13.6. The molecule has 11 rings (SSSR count). The average molecular weight is 840 g/mol. The Morgan fingerprint density at radius 1 is 0.415 bits per heavy atom. The molecular formula is C63H53NO. The topological polar surface area (TPSA) is 16.4 Å². The maximum absolute atomic E-state index is 6.36. The molecule has 2 heteroatoms. The van der Waals surface area contributed by atoms with Gasteiger partial charge in [0.2, 0.25) is 0 Å². The molecule has 1 aliphatic carbocycles. The second kappa shape index (κ2) is 15.4. The van der Waals surface area contributed by atoms with Crippen LogP contribution in [0, 0.1) is 0 Å². The van der Waals surface area contributed by atoms with Crippen molar-refractivity contribution < 1.29 is 4.42 Å². The van der Waals surface area contributed by atoms with Gasteiger partial charge in [-0.3, -0.25) is 0 Å². The fourth-order valence-corrected chi connectivity index (χ4v) is 10.8. The zero-order valence-corrected chi connectivity index (χ0v) is 38.1. The highest BCUT2D eigenvalue weighted by molar-refractivity contribution is 6.12. The van der Waals surface area contributed by atoms with E-state index in [1.807, 2.05) is 6.07 Å². The zero-order chi connectivity index (χ0) is 44.5. The number of hydrogen-bond acceptors (Lipinski definition) is 2. The molecule has 0 N–H and O–H groups in total. The molecule has 0 saturated carbocycles. The van der Waals surface area contributed by atoms with E-state index in [1.54, 1.807) is 0 Å². The summed E-state index contributed by atoms with van der Waals surface area (Å²) in [7, 11) is 0. The number of nitrogens with zero attached hydrogens (tertiary/aromatic N) is 1. The van der Waals surface area contributed by atoms with Crippen molar-refractivity contribution in [1.29, 1.82) is 0 Å². The van der Waals surface area contributed by atoms with E-state index in [2.05, 4.69) is 253 Å². The highest BCUT2D eigenvalue weighted by Gasteiger charge is 2.49. The van der Waals surface area contributed by atoms with Crippen LogP contribution in [0.25, 0.3) is 55.3 Å². The van der Waals surface area contributed by atoms with Gasteiger partial charge in [0.15, 0.2) is 0 Å². The third kappa shape index (κ3) is 6.54. The number of benzene rings is 9. The first-order chi connectivity index (χ1) is 31.5. The summed E-state index contributed by atoms with van der Waals surface area (Å²) in [6, 6.07) is 78.1. The van der Waals surface area contributed by atoms with Gasteiger partial charge >= 0.3 is 0 Å². The Morgan fingerprint density at radius 2 is 0.923 bits per heavy atom. The zero-order valence-electron chi connectivity index (χ0n) is 38.1. The van der Waals surface area contributed by atoms with E-state index in [4.69, 9.17) is 4.42 Å². The fourth-order valence-electron chi connectivity index (χ4n) is 10.8. The lowest BCUT2D eigenvalue weighted by atomic mass is 9.65. The van der Waals surface area contributed by atoms with Crippen LogP contribution < -0.4 is 4.90 Å². The van der Waals surface area contributed by atoms with Gasteiger partial charge < -0.3 is 9.32 Å². The van der Waals surface area contributed by atoms with Crippen molar-refractivity contribution in [2.75, 3.05) is 4.90 Å². The van der Waals surface area contributed by atoms with E-state index in [1.165, 1.54) is 61.3 Å². The molecule has 10 aromatic rings. The highest BCUT2D eigenvalue weighted by Crippen LogP contribution is 2.62. The van der Waals surface area contributed by atoms with E-state index in [9.17, 15) is 0 Å². The molecule has 9 aromatic carbocycles. The molecule has 0 saturated heterocycles. The Morgan fingerprint density at radius 3 is 1.54 bits per heavy atom. The number of anilines is 3. The summed E-state index contributed by atoms with van der Waals surface area (Å²) in [5.74, 6) is 0. The predicted octanol–water partition coefficient (Wildman–Crippen LogP) is 17.3. The summed E-state index contributed by atoms with van der Waals surface area (Å²) >= 11 is 0. The number of fused-ring (bicyclic) bond motifs is 6. The molecule has 1 heterocycles. The third-order valence-electron chi connectivity index (χ3n) is 13.6. The fraction of sp³-hybridized carbons (Fsp3) is 0.143. The van der Waals surface area contributed by atoms with Crippen LogP contribution in [0.1, 0.15) is 74.9 Å². The SMILES string of the molecule is CC(C)(C)c1cc2c(c(N(c3ccc(-c4ccccc4)cc3)c3ccc(-c4cccc5oc6ccccc6c45)cc3)c1C(C)(C)C)-c1ccccc1C2(c1ccccc1)c1ccccc1. The van der Waals surface area contributed by atoms with Crippen molar-refractivity contribution in [3.8, 4) is 33.4 Å². The molecule has 2 nitrogen and oxygen atoms in total. The van der Waals surface area contributed by atoms with E-state index < -0.39 is 5.41 Å². The lowest BCUT2D eigenvalue weighted by Crippen LogP contribution is -2.31. The van der Waals surface area contributed by atoms with Crippen LogP contribution in [0.2, 0.25) is 0 Å². The quantitative estimate of drug-likeness (QED) is 0.159. The summed E-state index contributed by atoms with van der Waals surface area (Å²) in [5.41, 5.74) is 19.3. The predicted molar refractivity (Wildman–Crippen MR) is 274 cm³/mol. The van der Waals surface area contributed by atoms with Crippen LogP contribution in [0.15, 0.2) is 217 Å². The molecule has 0 bridgehead atoms. The molecular weight excluding hydrogens is 787 g/mol. The van der Waals surface area contributed by atoms with Gasteiger partial charge in [0, 0.05) is 27.7 Å². The van der Waals surface area contributed by atoms with Gasteiger partial charge in [0.25, 0.3) is 0 Å². The summed E-state index contributed by atoms with van der Waals surface area (Å²) in [6.07, 6.45) is 0. The minimum absolute atomic E-state index is 0.195. The van der Waals surface area contributed by atoms with Crippen molar-refractivity contribution >= 4 is 39.0 Å². The molecule has 0 spiro atoms. The number of hydrogen-bond donors (Lipinski definition) is 0. The molecule has 1 aromatic heterocycles. The van der Waals surface area contributed by atoms with E-state index in [0.717, 1.165) is 44.4 Å². The van der Waals surface area contributed by atoms with Crippen LogP contribution in [0.4, 0.5) is 17.1 Å². The average Bonchev–Trinajstić information content (AvgIpc) is 3.86. The number of rotatable bonds is 7. The molecule has 0 atom stereocenters. The minimum Gasteiger partial charge on any atom is -0.456 e. The number of para-hydroxylation sites is 1. The monoisotopic (exact) mass is 839 g/mol. The Kier molecular flexibility index (Phi) is 9.55. The van der Waals surface area contributed by atoms with Crippen LogP contribution in [0.3, 0.4) is 0 Å². The smallest absolute Gasteiger partial charge is 0.136 e. The molecule has 0 fully saturated rings. The van der Waals surface area contributed by atoms with E-state index in [-0.39, 0.29) is 10.8 Å². The summed E-state index contributed by atoms with van der Waals surface area (Å²) in [4.78, 5) is 2.57. The lowest BCUT2D eigenvalue weighted by molar-refractivity contribution is 0.529.